The minimum atomic E-state index is 0.212. The fourth-order valence-electron chi connectivity index (χ4n) is 2.63. The molecule has 18 heavy (non-hydrogen) atoms. The predicted octanol–water partition coefficient (Wildman–Crippen LogP) is 2.67. The van der Waals surface area contributed by atoms with Crippen molar-refractivity contribution in [3.05, 3.63) is 23.5 Å². The molecule has 1 N–H and O–H groups in total. The molecule has 2 heterocycles. The lowest BCUT2D eigenvalue weighted by molar-refractivity contribution is 0.285. The van der Waals surface area contributed by atoms with Gasteiger partial charge in [0.25, 0.3) is 0 Å². The molecule has 1 fully saturated rings. The van der Waals surface area contributed by atoms with Gasteiger partial charge in [0, 0.05) is 30.4 Å². The van der Waals surface area contributed by atoms with E-state index in [9.17, 15) is 0 Å². The van der Waals surface area contributed by atoms with Crippen LogP contribution in [-0.4, -0.2) is 29.7 Å². The van der Waals surface area contributed by atoms with Crippen molar-refractivity contribution in [2.24, 2.45) is 0 Å². The summed E-state index contributed by atoms with van der Waals surface area (Å²) in [6.07, 6.45) is 1.15. The van der Waals surface area contributed by atoms with Crippen molar-refractivity contribution in [2.75, 3.05) is 18.0 Å². The van der Waals surface area contributed by atoms with E-state index in [1.165, 1.54) is 5.69 Å². The Morgan fingerprint density at radius 3 is 2.78 bits per heavy atom. The van der Waals surface area contributed by atoms with E-state index in [1.54, 1.807) is 0 Å². The van der Waals surface area contributed by atoms with Crippen molar-refractivity contribution in [3.8, 4) is 0 Å². The van der Waals surface area contributed by atoms with Gasteiger partial charge in [-0.3, -0.25) is 4.98 Å². The van der Waals surface area contributed by atoms with E-state index in [1.807, 2.05) is 6.92 Å². The number of nitrogens with zero attached hydrogens (tertiary/aromatic N) is 2. The minimum Gasteiger partial charge on any atom is -0.364 e. The lowest BCUT2D eigenvalue weighted by atomic mass is 9.93. The maximum Gasteiger partial charge on any atom is 0.0609 e. The van der Waals surface area contributed by atoms with Crippen LogP contribution in [0, 0.1) is 13.8 Å². The van der Waals surface area contributed by atoms with Crippen LogP contribution >= 0.6 is 0 Å². The smallest absolute Gasteiger partial charge is 0.0609 e. The summed E-state index contributed by atoms with van der Waals surface area (Å²) in [5.74, 6) is 0. The van der Waals surface area contributed by atoms with E-state index in [2.05, 4.69) is 55.0 Å². The first-order chi connectivity index (χ1) is 8.45. The fraction of sp³-hybridized carbons (Fsp3) is 0.667. The monoisotopic (exact) mass is 247 g/mol. The van der Waals surface area contributed by atoms with Gasteiger partial charge in [-0.25, -0.2) is 0 Å². The standard InChI is InChI=1S/C15H25N3/c1-6-15(5)10-18(12(3)9-16-15)14-8-7-11(2)17-13(14)4/h7-8,12,16H,6,9-10H2,1-5H3. The zero-order valence-electron chi connectivity index (χ0n) is 12.2. The number of hydrogen-bond acceptors (Lipinski definition) is 3. The molecule has 3 nitrogen and oxygen atoms in total. The van der Waals surface area contributed by atoms with E-state index < -0.39 is 0 Å². The summed E-state index contributed by atoms with van der Waals surface area (Å²) in [4.78, 5) is 7.10. The molecule has 3 heteroatoms. The van der Waals surface area contributed by atoms with Gasteiger partial charge in [0.15, 0.2) is 0 Å². The summed E-state index contributed by atoms with van der Waals surface area (Å²) < 4.78 is 0. The maximum absolute atomic E-state index is 4.59. The van der Waals surface area contributed by atoms with Gasteiger partial charge in [0.2, 0.25) is 0 Å². The number of nitrogens with one attached hydrogen (secondary N) is 1. The Balaban J connectivity index is 2.30. The van der Waals surface area contributed by atoms with E-state index >= 15 is 0 Å². The molecule has 100 valence electrons. The number of anilines is 1. The van der Waals surface area contributed by atoms with E-state index in [0.29, 0.717) is 6.04 Å². The Morgan fingerprint density at radius 2 is 2.17 bits per heavy atom. The summed E-state index contributed by atoms with van der Waals surface area (Å²) in [6.45, 7) is 13.1. The SMILES string of the molecule is CCC1(C)CN(c2ccc(C)nc2C)C(C)CN1. The second-order valence-electron chi connectivity index (χ2n) is 5.83. The molecule has 0 spiro atoms. The number of piperazine rings is 1. The molecule has 0 amide bonds. The van der Waals surface area contributed by atoms with E-state index in [0.717, 1.165) is 30.9 Å². The van der Waals surface area contributed by atoms with Gasteiger partial charge in [-0.2, -0.15) is 0 Å². The van der Waals surface area contributed by atoms with Crippen molar-refractivity contribution in [1.82, 2.24) is 10.3 Å². The number of aryl methyl sites for hydroxylation is 2. The van der Waals surface area contributed by atoms with Crippen LogP contribution in [0.25, 0.3) is 0 Å². The van der Waals surface area contributed by atoms with Crippen molar-refractivity contribution in [3.63, 3.8) is 0 Å². The van der Waals surface area contributed by atoms with Gasteiger partial charge < -0.3 is 10.2 Å². The highest BCUT2D eigenvalue weighted by atomic mass is 15.3. The van der Waals surface area contributed by atoms with Crippen molar-refractivity contribution in [1.29, 1.82) is 0 Å². The van der Waals surface area contributed by atoms with Crippen LogP contribution in [0.2, 0.25) is 0 Å². The number of hydrogen-bond donors (Lipinski definition) is 1. The molecule has 1 saturated heterocycles. The summed E-state index contributed by atoms with van der Waals surface area (Å²) in [6, 6.07) is 4.85. The predicted molar refractivity (Wildman–Crippen MR) is 77.2 cm³/mol. The molecule has 2 atom stereocenters. The first-order valence-corrected chi connectivity index (χ1v) is 6.91. The molecule has 0 bridgehead atoms. The highest BCUT2D eigenvalue weighted by Gasteiger charge is 2.33. The van der Waals surface area contributed by atoms with Crippen molar-refractivity contribution >= 4 is 5.69 Å². The second kappa shape index (κ2) is 4.88. The van der Waals surface area contributed by atoms with Crippen LogP contribution in [0.5, 0.6) is 0 Å². The molecule has 1 aromatic rings. The van der Waals surface area contributed by atoms with Gasteiger partial charge in [-0.15, -0.1) is 0 Å². The largest absolute Gasteiger partial charge is 0.364 e. The molecule has 0 aliphatic carbocycles. The van der Waals surface area contributed by atoms with Gasteiger partial charge in [-0.05, 0) is 46.2 Å². The Hall–Kier alpha value is -1.09. The minimum absolute atomic E-state index is 0.212. The third-order valence-corrected chi connectivity index (χ3v) is 4.16. The third kappa shape index (κ3) is 2.51. The van der Waals surface area contributed by atoms with Gasteiger partial charge in [0.05, 0.1) is 11.4 Å². The summed E-state index contributed by atoms with van der Waals surface area (Å²) in [7, 11) is 0. The topological polar surface area (TPSA) is 28.2 Å². The summed E-state index contributed by atoms with van der Waals surface area (Å²) in [5, 5.41) is 3.66. The summed E-state index contributed by atoms with van der Waals surface area (Å²) >= 11 is 0. The Bertz CT molecular complexity index is 430. The quantitative estimate of drug-likeness (QED) is 0.871. The van der Waals surface area contributed by atoms with Crippen LogP contribution in [0.4, 0.5) is 5.69 Å². The molecule has 1 aliphatic rings. The van der Waals surface area contributed by atoms with E-state index in [4.69, 9.17) is 0 Å². The molecule has 1 aromatic heterocycles. The van der Waals surface area contributed by atoms with Crippen molar-refractivity contribution in [2.45, 2.75) is 52.6 Å². The van der Waals surface area contributed by atoms with Crippen LogP contribution in [0.1, 0.15) is 38.6 Å². The second-order valence-corrected chi connectivity index (χ2v) is 5.83. The van der Waals surface area contributed by atoms with Gasteiger partial charge in [-0.1, -0.05) is 6.92 Å². The van der Waals surface area contributed by atoms with Gasteiger partial charge in [0.1, 0.15) is 0 Å². The lowest BCUT2D eigenvalue weighted by Crippen LogP contribution is -2.62. The maximum atomic E-state index is 4.59. The average Bonchev–Trinajstić information content (AvgIpc) is 2.33. The zero-order chi connectivity index (χ0) is 13.3. The van der Waals surface area contributed by atoms with Crippen LogP contribution in [-0.2, 0) is 0 Å². The number of aromatic nitrogens is 1. The molecule has 2 unspecified atom stereocenters. The zero-order valence-corrected chi connectivity index (χ0v) is 12.2. The highest BCUT2D eigenvalue weighted by Crippen LogP contribution is 2.27. The molecule has 0 aromatic carbocycles. The van der Waals surface area contributed by atoms with Crippen molar-refractivity contribution < 1.29 is 0 Å². The normalized spacial score (nSPS) is 28.5. The van der Waals surface area contributed by atoms with Crippen LogP contribution < -0.4 is 10.2 Å². The van der Waals surface area contributed by atoms with Gasteiger partial charge >= 0.3 is 0 Å². The fourth-order valence-corrected chi connectivity index (χ4v) is 2.63. The van der Waals surface area contributed by atoms with E-state index in [-0.39, 0.29) is 5.54 Å². The molecule has 0 saturated carbocycles. The Kier molecular flexibility index (Phi) is 3.62. The lowest BCUT2D eigenvalue weighted by Gasteiger charge is -2.46. The van der Waals surface area contributed by atoms with Crippen LogP contribution in [0.15, 0.2) is 12.1 Å². The van der Waals surface area contributed by atoms with Crippen LogP contribution in [0.3, 0.4) is 0 Å². The first-order valence-electron chi connectivity index (χ1n) is 6.91. The first kappa shape index (κ1) is 13.3. The third-order valence-electron chi connectivity index (χ3n) is 4.16. The molecule has 2 rings (SSSR count). The average molecular weight is 247 g/mol. The molecule has 0 radical (unpaired) electrons. The molecule has 1 aliphatic heterocycles. The number of rotatable bonds is 2. The Morgan fingerprint density at radius 1 is 1.44 bits per heavy atom. The summed E-state index contributed by atoms with van der Waals surface area (Å²) in [5.41, 5.74) is 3.73. The molecular formula is C15H25N3. The number of pyridine rings is 1. The highest BCUT2D eigenvalue weighted by molar-refractivity contribution is 5.52. The molecular weight excluding hydrogens is 222 g/mol. The Labute approximate surface area is 111 Å².